The first kappa shape index (κ1) is 16.2. The van der Waals surface area contributed by atoms with Crippen molar-refractivity contribution in [1.29, 1.82) is 0 Å². The molecule has 1 saturated carbocycles. The van der Waals surface area contributed by atoms with Crippen LogP contribution in [0.1, 0.15) is 64.2 Å². The van der Waals surface area contributed by atoms with Crippen LogP contribution in [0.4, 0.5) is 0 Å². The van der Waals surface area contributed by atoms with E-state index in [0.717, 1.165) is 18.2 Å². The Morgan fingerprint density at radius 3 is 2.25 bits per heavy atom. The first-order valence-electron chi connectivity index (χ1n) is 8.44. The minimum absolute atomic E-state index is 0.361. The number of terminal acetylenes is 1. The van der Waals surface area contributed by atoms with Gasteiger partial charge in [0.1, 0.15) is 5.50 Å². The highest BCUT2D eigenvalue weighted by Gasteiger charge is 2.27. The molecule has 0 aromatic rings. The molecule has 2 atom stereocenters. The third kappa shape index (κ3) is 5.68. The predicted molar refractivity (Wildman–Crippen MR) is 89.7 cm³/mol. The molecule has 1 saturated heterocycles. The minimum atomic E-state index is 0.361. The van der Waals surface area contributed by atoms with Gasteiger partial charge in [-0.2, -0.15) is 0 Å². The highest BCUT2D eigenvalue weighted by Crippen LogP contribution is 2.27. The van der Waals surface area contributed by atoms with Crippen molar-refractivity contribution in [2.24, 2.45) is 5.92 Å². The van der Waals surface area contributed by atoms with Gasteiger partial charge < -0.3 is 0 Å². The van der Waals surface area contributed by atoms with E-state index in [1.807, 2.05) is 11.8 Å². The van der Waals surface area contributed by atoms with Gasteiger partial charge in [-0.15, -0.1) is 18.2 Å². The largest absolute Gasteiger partial charge is 0.293 e. The van der Waals surface area contributed by atoms with Crippen molar-refractivity contribution in [2.75, 3.05) is 12.3 Å². The third-order valence-corrected chi connectivity index (χ3v) is 5.67. The summed E-state index contributed by atoms with van der Waals surface area (Å²) in [7, 11) is 0. The van der Waals surface area contributed by atoms with E-state index in [1.54, 1.807) is 0 Å². The van der Waals surface area contributed by atoms with Crippen LogP contribution in [-0.2, 0) is 0 Å². The lowest BCUT2D eigenvalue weighted by molar-refractivity contribution is 0.240. The van der Waals surface area contributed by atoms with Crippen molar-refractivity contribution in [3.05, 3.63) is 0 Å². The molecule has 2 N–H and O–H groups in total. The predicted octanol–water partition coefficient (Wildman–Crippen LogP) is 3.73. The van der Waals surface area contributed by atoms with E-state index in [9.17, 15) is 0 Å². The second-order valence-electron chi connectivity index (χ2n) is 6.22. The second kappa shape index (κ2) is 9.71. The number of hydrogen-bond acceptors (Lipinski definition) is 3. The van der Waals surface area contributed by atoms with Gasteiger partial charge in [0.05, 0.1) is 5.75 Å². The van der Waals surface area contributed by atoms with Crippen molar-refractivity contribution in [3.8, 4) is 12.3 Å². The Hall–Kier alpha value is -0.170. The molecule has 1 aliphatic heterocycles. The molecule has 1 heterocycles. The zero-order valence-corrected chi connectivity index (χ0v) is 13.5. The van der Waals surface area contributed by atoms with E-state index >= 15 is 0 Å². The van der Waals surface area contributed by atoms with Gasteiger partial charge in [0.2, 0.25) is 0 Å². The number of hydrogen-bond donors (Lipinski definition) is 2. The summed E-state index contributed by atoms with van der Waals surface area (Å²) in [4.78, 5) is 0. The smallest absolute Gasteiger partial charge is 0.107 e. The molecule has 0 aromatic carbocycles. The summed E-state index contributed by atoms with van der Waals surface area (Å²) < 4.78 is 0. The molecule has 2 unspecified atom stereocenters. The summed E-state index contributed by atoms with van der Waals surface area (Å²) in [6.07, 6.45) is 19.6. The average molecular weight is 295 g/mol. The van der Waals surface area contributed by atoms with Gasteiger partial charge in [-0.05, 0) is 31.7 Å². The Morgan fingerprint density at radius 1 is 0.950 bits per heavy atom. The Labute approximate surface area is 129 Å². The van der Waals surface area contributed by atoms with Crippen LogP contribution < -0.4 is 10.6 Å². The molecule has 0 spiro atoms. The lowest BCUT2D eigenvalue weighted by Gasteiger charge is -2.37. The fourth-order valence-corrected chi connectivity index (χ4v) is 4.33. The van der Waals surface area contributed by atoms with Crippen molar-refractivity contribution in [2.45, 2.75) is 75.7 Å². The van der Waals surface area contributed by atoms with Crippen LogP contribution in [0.25, 0.3) is 0 Å². The highest BCUT2D eigenvalue weighted by molar-refractivity contribution is 8.00. The van der Waals surface area contributed by atoms with Crippen molar-refractivity contribution >= 4 is 11.8 Å². The second-order valence-corrected chi connectivity index (χ2v) is 7.32. The molecule has 3 heteroatoms. The van der Waals surface area contributed by atoms with E-state index in [2.05, 4.69) is 16.6 Å². The standard InChI is InChI=1S/C17H30N2S/c1-2-14-20-17-18-13-12-16(19-17)15-10-8-6-4-3-5-7-9-11-15/h1,15-19H,3-14H2. The Balaban J connectivity index is 1.81. The molecular weight excluding hydrogens is 264 g/mol. The molecule has 20 heavy (non-hydrogen) atoms. The van der Waals surface area contributed by atoms with Crippen molar-refractivity contribution < 1.29 is 0 Å². The monoisotopic (exact) mass is 294 g/mol. The summed E-state index contributed by atoms with van der Waals surface area (Å²) in [5, 5.41) is 7.33. The normalized spacial score (nSPS) is 30.6. The van der Waals surface area contributed by atoms with Gasteiger partial charge >= 0.3 is 0 Å². The van der Waals surface area contributed by atoms with Crippen LogP contribution in [0.3, 0.4) is 0 Å². The topological polar surface area (TPSA) is 24.1 Å². The molecule has 0 bridgehead atoms. The van der Waals surface area contributed by atoms with Gasteiger partial charge in [-0.1, -0.05) is 50.9 Å². The molecular formula is C17H30N2S. The quantitative estimate of drug-likeness (QED) is 0.776. The Kier molecular flexibility index (Phi) is 7.87. The fourth-order valence-electron chi connectivity index (χ4n) is 3.56. The van der Waals surface area contributed by atoms with E-state index < -0.39 is 0 Å². The molecule has 1 aliphatic carbocycles. The lowest BCUT2D eigenvalue weighted by atomic mass is 9.85. The van der Waals surface area contributed by atoms with Gasteiger partial charge in [0, 0.05) is 6.04 Å². The summed E-state index contributed by atoms with van der Waals surface area (Å²) in [5.41, 5.74) is 0.361. The summed E-state index contributed by atoms with van der Waals surface area (Å²) in [6, 6.07) is 0.700. The SMILES string of the molecule is C#CCSC1NCCC(C2CCCCCCCCC2)N1. The van der Waals surface area contributed by atoms with Gasteiger partial charge in [-0.3, -0.25) is 10.6 Å². The van der Waals surface area contributed by atoms with E-state index in [4.69, 9.17) is 6.42 Å². The van der Waals surface area contributed by atoms with Gasteiger partial charge in [0.25, 0.3) is 0 Å². The van der Waals surface area contributed by atoms with Crippen molar-refractivity contribution in [3.63, 3.8) is 0 Å². The number of nitrogens with one attached hydrogen (secondary N) is 2. The molecule has 0 radical (unpaired) electrons. The average Bonchev–Trinajstić information content (AvgIpc) is 2.51. The number of rotatable bonds is 3. The molecule has 0 aromatic heterocycles. The van der Waals surface area contributed by atoms with Crippen LogP contribution >= 0.6 is 11.8 Å². The Bertz CT molecular complexity index is 290. The first-order chi connectivity index (χ1) is 9.90. The van der Waals surface area contributed by atoms with Crippen LogP contribution in [0.15, 0.2) is 0 Å². The minimum Gasteiger partial charge on any atom is -0.293 e. The van der Waals surface area contributed by atoms with Gasteiger partial charge in [0.15, 0.2) is 0 Å². The molecule has 2 fully saturated rings. The molecule has 2 aliphatic rings. The third-order valence-electron chi connectivity index (χ3n) is 4.70. The summed E-state index contributed by atoms with van der Waals surface area (Å²) in [6.45, 7) is 1.14. The number of thioether (sulfide) groups is 1. The maximum atomic E-state index is 5.37. The van der Waals surface area contributed by atoms with Crippen LogP contribution in [0.2, 0.25) is 0 Å². The van der Waals surface area contributed by atoms with Crippen LogP contribution in [0, 0.1) is 18.3 Å². The summed E-state index contributed by atoms with van der Waals surface area (Å²) >= 11 is 1.82. The maximum absolute atomic E-state index is 5.37. The van der Waals surface area contributed by atoms with E-state index in [-0.39, 0.29) is 0 Å². The first-order valence-corrected chi connectivity index (χ1v) is 9.49. The van der Waals surface area contributed by atoms with Crippen molar-refractivity contribution in [1.82, 2.24) is 10.6 Å². The lowest BCUT2D eigenvalue weighted by Crippen LogP contribution is -2.54. The maximum Gasteiger partial charge on any atom is 0.107 e. The molecule has 114 valence electrons. The van der Waals surface area contributed by atoms with E-state index in [0.29, 0.717) is 11.5 Å². The zero-order chi connectivity index (χ0) is 14.0. The van der Waals surface area contributed by atoms with Gasteiger partial charge in [-0.25, -0.2) is 0 Å². The molecule has 2 nitrogen and oxygen atoms in total. The molecule has 0 amide bonds. The van der Waals surface area contributed by atoms with E-state index in [1.165, 1.54) is 64.2 Å². The van der Waals surface area contributed by atoms with Crippen LogP contribution in [0.5, 0.6) is 0 Å². The van der Waals surface area contributed by atoms with Crippen LogP contribution in [-0.4, -0.2) is 23.8 Å². The fraction of sp³-hybridized carbons (Fsp3) is 0.882. The summed E-state index contributed by atoms with van der Waals surface area (Å²) in [5.74, 6) is 4.40. The Morgan fingerprint density at radius 2 is 1.60 bits per heavy atom. The molecule has 2 rings (SSSR count). The zero-order valence-electron chi connectivity index (χ0n) is 12.7. The highest BCUT2D eigenvalue weighted by atomic mass is 32.2.